The Balaban J connectivity index is 1.75. The van der Waals surface area contributed by atoms with E-state index in [-0.39, 0.29) is 21.9 Å². The molecule has 0 aliphatic carbocycles. The average molecular weight is 465 g/mol. The Morgan fingerprint density at radius 3 is 2.48 bits per heavy atom. The van der Waals surface area contributed by atoms with Gasteiger partial charge in [-0.1, -0.05) is 23.7 Å². The van der Waals surface area contributed by atoms with Crippen molar-refractivity contribution in [3.8, 4) is 28.5 Å². The van der Waals surface area contributed by atoms with Gasteiger partial charge in [0, 0.05) is 43.1 Å². The fourth-order valence-electron chi connectivity index (χ4n) is 4.29. The number of aromatic nitrogens is 3. The molecule has 0 spiro atoms. The van der Waals surface area contributed by atoms with Crippen molar-refractivity contribution in [2.45, 2.75) is 6.92 Å². The predicted molar refractivity (Wildman–Crippen MR) is 124 cm³/mol. The number of pyridine rings is 1. The third kappa shape index (κ3) is 3.59. The number of anilines is 1. The number of halogens is 3. The first-order valence-electron chi connectivity index (χ1n) is 10.5. The van der Waals surface area contributed by atoms with Crippen LogP contribution in [0.4, 0.5) is 14.5 Å². The maximum absolute atomic E-state index is 14.9. The van der Waals surface area contributed by atoms with Gasteiger partial charge in [-0.05, 0) is 36.8 Å². The van der Waals surface area contributed by atoms with Crippen molar-refractivity contribution in [2.24, 2.45) is 0 Å². The van der Waals surface area contributed by atoms with Crippen molar-refractivity contribution >= 4 is 28.3 Å². The van der Waals surface area contributed by atoms with Crippen LogP contribution in [-0.4, -0.2) is 41.4 Å². The fourth-order valence-corrected chi connectivity index (χ4v) is 4.44. The van der Waals surface area contributed by atoms with Gasteiger partial charge in [-0.3, -0.25) is 5.10 Å². The fraction of sp³-hybridized carbons (Fsp3) is 0.208. The molecule has 0 amide bonds. The second-order valence-corrected chi connectivity index (χ2v) is 8.28. The van der Waals surface area contributed by atoms with Crippen LogP contribution in [0.5, 0.6) is 0 Å². The lowest BCUT2D eigenvalue weighted by Crippen LogP contribution is -2.43. The zero-order valence-corrected chi connectivity index (χ0v) is 18.5. The highest BCUT2D eigenvalue weighted by molar-refractivity contribution is 6.31. The Morgan fingerprint density at radius 1 is 1.06 bits per heavy atom. The number of hydrogen-bond acceptors (Lipinski definition) is 5. The normalized spacial score (nSPS) is 14.0. The molecule has 33 heavy (non-hydrogen) atoms. The second-order valence-electron chi connectivity index (χ2n) is 7.87. The van der Waals surface area contributed by atoms with Gasteiger partial charge in [-0.2, -0.15) is 10.4 Å². The Kier molecular flexibility index (Phi) is 5.44. The molecule has 1 aliphatic rings. The summed E-state index contributed by atoms with van der Waals surface area (Å²) in [4.78, 5) is 6.64. The number of fused-ring (bicyclic) bond motifs is 1. The van der Waals surface area contributed by atoms with E-state index in [1.165, 1.54) is 0 Å². The zero-order chi connectivity index (χ0) is 23.1. The average Bonchev–Trinajstić information content (AvgIpc) is 3.21. The summed E-state index contributed by atoms with van der Waals surface area (Å²) in [5, 5.41) is 20.9. The summed E-state index contributed by atoms with van der Waals surface area (Å²) < 4.78 is 29.6. The molecular weight excluding hydrogens is 446 g/mol. The van der Waals surface area contributed by atoms with Crippen molar-refractivity contribution in [2.75, 3.05) is 31.1 Å². The molecule has 2 aromatic carbocycles. The topological polar surface area (TPSA) is 80.6 Å². The summed E-state index contributed by atoms with van der Waals surface area (Å²) >= 11 is 5.92. The molecule has 1 saturated heterocycles. The lowest BCUT2D eigenvalue weighted by Gasteiger charge is -2.29. The molecule has 0 bridgehead atoms. The largest absolute Gasteiger partial charge is 0.369 e. The van der Waals surface area contributed by atoms with Crippen LogP contribution in [0.2, 0.25) is 5.02 Å². The van der Waals surface area contributed by atoms with Gasteiger partial charge in [-0.15, -0.1) is 0 Å². The quantitative estimate of drug-likeness (QED) is 0.425. The third-order valence-electron chi connectivity index (χ3n) is 5.91. The molecule has 4 aromatic rings. The highest BCUT2D eigenvalue weighted by Gasteiger charge is 2.26. The Labute approximate surface area is 193 Å². The van der Waals surface area contributed by atoms with E-state index in [1.807, 2.05) is 31.2 Å². The van der Waals surface area contributed by atoms with Gasteiger partial charge in [0.15, 0.2) is 11.5 Å². The van der Waals surface area contributed by atoms with Crippen molar-refractivity contribution in [3.05, 3.63) is 64.3 Å². The monoisotopic (exact) mass is 464 g/mol. The summed E-state index contributed by atoms with van der Waals surface area (Å²) in [5.74, 6) is -1.82. The summed E-state index contributed by atoms with van der Waals surface area (Å²) in [6.45, 7) is 5.46. The summed E-state index contributed by atoms with van der Waals surface area (Å²) in [5.41, 5.74) is 2.77. The van der Waals surface area contributed by atoms with Crippen molar-refractivity contribution in [3.63, 3.8) is 0 Å². The smallest absolute Gasteiger partial charge is 0.182 e. The van der Waals surface area contributed by atoms with Gasteiger partial charge in [0.25, 0.3) is 0 Å². The standard InChI is InChI=1S/C24H19ClF2N6/c1-13-19-20(14-2-4-15(5-3-14)33-10-8-29-9-11-33)16(12-28)23(30-24(19)32-31-13)21-18(26)7-6-17(25)22(21)27/h2-7,29H,8-11H2,1H3,(H,30,31,32). The van der Waals surface area contributed by atoms with Crippen LogP contribution in [0.3, 0.4) is 0 Å². The summed E-state index contributed by atoms with van der Waals surface area (Å²) in [6, 6.07) is 12.1. The zero-order valence-electron chi connectivity index (χ0n) is 17.7. The molecule has 0 radical (unpaired) electrons. The summed E-state index contributed by atoms with van der Waals surface area (Å²) in [6.07, 6.45) is 0. The number of nitrogens with zero attached hydrogens (tertiary/aromatic N) is 4. The Hall–Kier alpha value is -3.54. The third-order valence-corrected chi connectivity index (χ3v) is 6.21. The van der Waals surface area contributed by atoms with Gasteiger partial charge >= 0.3 is 0 Å². The van der Waals surface area contributed by atoms with E-state index in [0.29, 0.717) is 16.6 Å². The van der Waals surface area contributed by atoms with E-state index in [0.717, 1.165) is 49.6 Å². The van der Waals surface area contributed by atoms with Crippen LogP contribution < -0.4 is 10.2 Å². The van der Waals surface area contributed by atoms with Gasteiger partial charge in [0.2, 0.25) is 0 Å². The molecule has 166 valence electrons. The van der Waals surface area contributed by atoms with Crippen LogP contribution in [-0.2, 0) is 0 Å². The van der Waals surface area contributed by atoms with Crippen LogP contribution in [0.1, 0.15) is 11.3 Å². The Morgan fingerprint density at radius 2 is 1.79 bits per heavy atom. The molecule has 1 aliphatic heterocycles. The number of H-pyrrole nitrogens is 1. The van der Waals surface area contributed by atoms with Crippen LogP contribution in [0.15, 0.2) is 36.4 Å². The van der Waals surface area contributed by atoms with E-state index in [9.17, 15) is 14.0 Å². The van der Waals surface area contributed by atoms with E-state index >= 15 is 0 Å². The van der Waals surface area contributed by atoms with Gasteiger partial charge < -0.3 is 10.2 Å². The number of hydrogen-bond donors (Lipinski definition) is 2. The van der Waals surface area contributed by atoms with E-state index in [2.05, 4.69) is 31.5 Å². The van der Waals surface area contributed by atoms with Gasteiger partial charge in [0.05, 0.1) is 27.2 Å². The molecule has 0 unspecified atom stereocenters. The van der Waals surface area contributed by atoms with Gasteiger partial charge in [0.1, 0.15) is 11.9 Å². The van der Waals surface area contributed by atoms with Crippen molar-refractivity contribution in [1.82, 2.24) is 20.5 Å². The minimum absolute atomic E-state index is 0.0574. The number of benzene rings is 2. The lowest BCUT2D eigenvalue weighted by molar-refractivity contribution is 0.589. The maximum Gasteiger partial charge on any atom is 0.182 e. The molecule has 2 aromatic heterocycles. The minimum atomic E-state index is -0.965. The first kappa shape index (κ1) is 21.3. The number of rotatable bonds is 3. The van der Waals surface area contributed by atoms with Crippen LogP contribution in [0.25, 0.3) is 33.4 Å². The number of piperazine rings is 1. The first-order chi connectivity index (χ1) is 16.0. The molecule has 2 N–H and O–H groups in total. The number of aromatic amines is 1. The molecule has 3 heterocycles. The van der Waals surface area contributed by atoms with Crippen molar-refractivity contribution in [1.29, 1.82) is 5.26 Å². The van der Waals surface area contributed by atoms with Crippen LogP contribution in [0, 0.1) is 29.9 Å². The number of aryl methyl sites for hydroxylation is 1. The lowest BCUT2D eigenvalue weighted by atomic mass is 9.93. The van der Waals surface area contributed by atoms with Gasteiger partial charge in [-0.25, -0.2) is 13.8 Å². The molecule has 0 saturated carbocycles. The molecule has 6 nitrogen and oxygen atoms in total. The first-order valence-corrected chi connectivity index (χ1v) is 10.9. The maximum atomic E-state index is 14.9. The number of nitriles is 1. The van der Waals surface area contributed by atoms with E-state index < -0.39 is 17.2 Å². The predicted octanol–water partition coefficient (Wildman–Crippen LogP) is 4.81. The number of nitrogens with one attached hydrogen (secondary N) is 2. The van der Waals surface area contributed by atoms with E-state index in [1.54, 1.807) is 0 Å². The van der Waals surface area contributed by atoms with Crippen molar-refractivity contribution < 1.29 is 8.78 Å². The molecule has 0 atom stereocenters. The van der Waals surface area contributed by atoms with Crippen LogP contribution >= 0.6 is 11.6 Å². The highest BCUT2D eigenvalue weighted by atomic mass is 35.5. The minimum Gasteiger partial charge on any atom is -0.369 e. The second kappa shape index (κ2) is 8.43. The summed E-state index contributed by atoms with van der Waals surface area (Å²) in [7, 11) is 0. The molecular formula is C24H19ClF2N6. The van der Waals surface area contributed by atoms with E-state index in [4.69, 9.17) is 11.6 Å². The molecule has 5 rings (SSSR count). The molecule has 9 heteroatoms. The SMILES string of the molecule is Cc1[nH]nc2nc(-c3c(F)ccc(Cl)c3F)c(C#N)c(-c3ccc(N4CCNCC4)cc3)c12. The highest BCUT2D eigenvalue weighted by Crippen LogP contribution is 2.40. The Bertz CT molecular complexity index is 1400. The molecule has 1 fully saturated rings.